The summed E-state index contributed by atoms with van der Waals surface area (Å²) in [6.07, 6.45) is 1.97. The fourth-order valence-electron chi connectivity index (χ4n) is 0.897. The highest BCUT2D eigenvalue weighted by Crippen LogP contribution is 1.99. The van der Waals surface area contributed by atoms with Gasteiger partial charge in [-0.15, -0.1) is 0 Å². The van der Waals surface area contributed by atoms with Crippen molar-refractivity contribution >= 4 is 0 Å². The first kappa shape index (κ1) is 7.98. The number of hydrogen-bond donors (Lipinski definition) is 2. The van der Waals surface area contributed by atoms with Gasteiger partial charge in [0.2, 0.25) is 0 Å². The monoisotopic (exact) mass is 145 g/mol. The minimum absolute atomic E-state index is 0.308. The summed E-state index contributed by atoms with van der Waals surface area (Å²) in [5, 5.41) is 11.8. The summed E-state index contributed by atoms with van der Waals surface area (Å²) < 4.78 is 4.98. The molecule has 10 heavy (non-hydrogen) atoms. The minimum Gasteiger partial charge on any atom is -0.396 e. The summed E-state index contributed by atoms with van der Waals surface area (Å²) in [6, 6.07) is 0.582. The summed E-state index contributed by atoms with van der Waals surface area (Å²) in [6.45, 7) is 3.04. The molecular weight excluding hydrogens is 130 g/mol. The molecule has 1 fully saturated rings. The molecular formula is C7H15NO2. The van der Waals surface area contributed by atoms with Crippen LogP contribution >= 0.6 is 0 Å². The molecule has 0 unspecified atom stereocenters. The van der Waals surface area contributed by atoms with Crippen LogP contribution in [0.4, 0.5) is 0 Å². The van der Waals surface area contributed by atoms with E-state index in [0.29, 0.717) is 12.6 Å². The lowest BCUT2D eigenvalue weighted by atomic mass is 10.2. The molecule has 1 heterocycles. The molecule has 2 N–H and O–H groups in total. The first-order valence-electron chi connectivity index (χ1n) is 3.85. The quantitative estimate of drug-likeness (QED) is 0.524. The first-order chi connectivity index (χ1) is 4.93. The zero-order chi connectivity index (χ0) is 7.23. The van der Waals surface area contributed by atoms with Gasteiger partial charge in [-0.25, -0.2) is 0 Å². The molecule has 0 saturated carbocycles. The van der Waals surface area contributed by atoms with E-state index in [1.54, 1.807) is 0 Å². The second kappa shape index (κ2) is 4.66. The summed E-state index contributed by atoms with van der Waals surface area (Å²) in [5.74, 6) is 0. The lowest BCUT2D eigenvalue weighted by Gasteiger charge is -2.26. The third-order valence-electron chi connectivity index (χ3n) is 1.66. The van der Waals surface area contributed by atoms with E-state index in [0.717, 1.165) is 32.6 Å². The van der Waals surface area contributed by atoms with Gasteiger partial charge in [0.05, 0.1) is 19.3 Å². The van der Waals surface area contributed by atoms with Gasteiger partial charge in [0.25, 0.3) is 0 Å². The fraction of sp³-hybridized carbons (Fsp3) is 1.00. The van der Waals surface area contributed by atoms with Crippen molar-refractivity contribution in [1.29, 1.82) is 0 Å². The summed E-state index contributed by atoms with van der Waals surface area (Å²) in [4.78, 5) is 0. The molecule has 3 heteroatoms. The van der Waals surface area contributed by atoms with Crippen molar-refractivity contribution in [2.45, 2.75) is 18.9 Å². The van der Waals surface area contributed by atoms with Crippen molar-refractivity contribution in [1.82, 2.24) is 5.32 Å². The fourth-order valence-corrected chi connectivity index (χ4v) is 0.897. The Hall–Kier alpha value is -0.120. The van der Waals surface area contributed by atoms with Crippen molar-refractivity contribution in [3.63, 3.8) is 0 Å². The number of nitrogens with one attached hydrogen (secondary N) is 1. The average Bonchev–Trinajstić information content (AvgIpc) is 1.84. The number of aliphatic hydroxyl groups is 1. The predicted octanol–water partition coefficient (Wildman–Crippen LogP) is -0.253. The number of ether oxygens (including phenoxy) is 1. The Bertz CT molecular complexity index is 83.7. The number of unbranched alkanes of at least 4 members (excludes halogenated alkanes) is 1. The Morgan fingerprint density at radius 1 is 1.40 bits per heavy atom. The Morgan fingerprint density at radius 3 is 2.70 bits per heavy atom. The highest BCUT2D eigenvalue weighted by atomic mass is 16.5. The Balaban J connectivity index is 1.76. The van der Waals surface area contributed by atoms with Crippen LogP contribution in [0.2, 0.25) is 0 Å². The molecule has 0 aromatic rings. The van der Waals surface area contributed by atoms with Gasteiger partial charge in [-0.2, -0.15) is 0 Å². The molecule has 0 amide bonds. The van der Waals surface area contributed by atoms with E-state index in [4.69, 9.17) is 9.84 Å². The van der Waals surface area contributed by atoms with Crippen LogP contribution in [0.5, 0.6) is 0 Å². The van der Waals surface area contributed by atoms with Crippen LogP contribution in [-0.2, 0) is 4.74 Å². The van der Waals surface area contributed by atoms with Gasteiger partial charge in [-0.3, -0.25) is 0 Å². The van der Waals surface area contributed by atoms with Crippen LogP contribution in [0, 0.1) is 0 Å². The van der Waals surface area contributed by atoms with Gasteiger partial charge >= 0.3 is 0 Å². The molecule has 3 nitrogen and oxygen atoms in total. The third-order valence-corrected chi connectivity index (χ3v) is 1.66. The lowest BCUT2D eigenvalue weighted by Crippen LogP contribution is -2.46. The second-order valence-corrected chi connectivity index (χ2v) is 2.62. The van der Waals surface area contributed by atoms with Gasteiger partial charge < -0.3 is 15.2 Å². The van der Waals surface area contributed by atoms with Crippen LogP contribution < -0.4 is 5.32 Å². The van der Waals surface area contributed by atoms with Crippen molar-refractivity contribution in [2.75, 3.05) is 26.4 Å². The standard InChI is InChI=1S/C7H15NO2/c9-4-2-1-3-8-7-5-10-6-7/h7-9H,1-6H2. The topological polar surface area (TPSA) is 41.5 Å². The van der Waals surface area contributed by atoms with Gasteiger partial charge in [0, 0.05) is 6.61 Å². The van der Waals surface area contributed by atoms with Crippen LogP contribution in [0.3, 0.4) is 0 Å². The molecule has 1 aliphatic heterocycles. The Kier molecular flexibility index (Phi) is 3.72. The predicted molar refractivity (Wildman–Crippen MR) is 38.9 cm³/mol. The van der Waals surface area contributed by atoms with Crippen LogP contribution in [0.15, 0.2) is 0 Å². The van der Waals surface area contributed by atoms with Gasteiger partial charge in [0.15, 0.2) is 0 Å². The molecule has 0 radical (unpaired) electrons. The Labute approximate surface area is 61.4 Å². The number of hydrogen-bond acceptors (Lipinski definition) is 3. The molecule has 0 aromatic carbocycles. The summed E-state index contributed by atoms with van der Waals surface area (Å²) >= 11 is 0. The van der Waals surface area contributed by atoms with Gasteiger partial charge in [-0.1, -0.05) is 0 Å². The normalized spacial score (nSPS) is 18.9. The van der Waals surface area contributed by atoms with Gasteiger partial charge in [0.1, 0.15) is 0 Å². The molecule has 0 atom stereocenters. The SMILES string of the molecule is OCCCCNC1COC1. The maximum atomic E-state index is 8.45. The highest BCUT2D eigenvalue weighted by molar-refractivity contribution is 4.72. The average molecular weight is 145 g/mol. The van der Waals surface area contributed by atoms with E-state index in [1.807, 2.05) is 0 Å². The molecule has 0 aliphatic carbocycles. The largest absolute Gasteiger partial charge is 0.396 e. The molecule has 0 aromatic heterocycles. The zero-order valence-electron chi connectivity index (χ0n) is 6.18. The maximum Gasteiger partial charge on any atom is 0.0643 e. The minimum atomic E-state index is 0.308. The van der Waals surface area contributed by atoms with E-state index in [1.165, 1.54) is 0 Å². The number of aliphatic hydroxyl groups excluding tert-OH is 1. The zero-order valence-corrected chi connectivity index (χ0v) is 6.18. The first-order valence-corrected chi connectivity index (χ1v) is 3.85. The van der Waals surface area contributed by atoms with Crippen molar-refractivity contribution in [3.05, 3.63) is 0 Å². The third kappa shape index (κ3) is 2.64. The van der Waals surface area contributed by atoms with Crippen molar-refractivity contribution in [2.24, 2.45) is 0 Å². The maximum absolute atomic E-state index is 8.45. The molecule has 0 bridgehead atoms. The van der Waals surface area contributed by atoms with Crippen LogP contribution in [0.1, 0.15) is 12.8 Å². The highest BCUT2D eigenvalue weighted by Gasteiger charge is 2.16. The number of rotatable bonds is 5. The van der Waals surface area contributed by atoms with E-state index >= 15 is 0 Å². The van der Waals surface area contributed by atoms with Crippen LogP contribution in [0.25, 0.3) is 0 Å². The molecule has 1 saturated heterocycles. The van der Waals surface area contributed by atoms with E-state index < -0.39 is 0 Å². The molecule has 0 spiro atoms. The lowest BCUT2D eigenvalue weighted by molar-refractivity contribution is -0.00505. The Morgan fingerprint density at radius 2 is 2.20 bits per heavy atom. The van der Waals surface area contributed by atoms with Crippen molar-refractivity contribution < 1.29 is 9.84 Å². The van der Waals surface area contributed by atoms with E-state index in [2.05, 4.69) is 5.32 Å². The second-order valence-electron chi connectivity index (χ2n) is 2.62. The molecule has 1 aliphatic rings. The van der Waals surface area contributed by atoms with Crippen LogP contribution in [-0.4, -0.2) is 37.5 Å². The van der Waals surface area contributed by atoms with Gasteiger partial charge in [-0.05, 0) is 19.4 Å². The van der Waals surface area contributed by atoms with Crippen molar-refractivity contribution in [3.8, 4) is 0 Å². The smallest absolute Gasteiger partial charge is 0.0643 e. The summed E-state index contributed by atoms with van der Waals surface area (Å²) in [7, 11) is 0. The van der Waals surface area contributed by atoms with E-state index in [9.17, 15) is 0 Å². The molecule has 60 valence electrons. The van der Waals surface area contributed by atoms with E-state index in [-0.39, 0.29) is 0 Å². The molecule has 1 rings (SSSR count). The summed E-state index contributed by atoms with van der Waals surface area (Å²) in [5.41, 5.74) is 0.